The van der Waals surface area contributed by atoms with E-state index in [4.69, 9.17) is 4.74 Å². The molecule has 1 aromatic carbocycles. The van der Waals surface area contributed by atoms with E-state index >= 15 is 0 Å². The van der Waals surface area contributed by atoms with E-state index in [9.17, 15) is 0 Å². The van der Waals surface area contributed by atoms with Crippen LogP contribution in [0.15, 0.2) is 18.2 Å². The number of nitrogens with zero attached hydrogens (tertiary/aromatic N) is 1. The second kappa shape index (κ2) is 5.62. The summed E-state index contributed by atoms with van der Waals surface area (Å²) in [5.41, 5.74) is 2.78. The molecule has 21 heavy (non-hydrogen) atoms. The Morgan fingerprint density at radius 3 is 2.86 bits per heavy atom. The van der Waals surface area contributed by atoms with E-state index in [1.165, 1.54) is 30.8 Å². The lowest BCUT2D eigenvalue weighted by Crippen LogP contribution is -2.46. The van der Waals surface area contributed by atoms with Gasteiger partial charge in [-0.3, -0.25) is 4.90 Å². The van der Waals surface area contributed by atoms with Gasteiger partial charge in [-0.1, -0.05) is 12.1 Å². The average molecular weight is 288 g/mol. The zero-order valence-corrected chi connectivity index (χ0v) is 13.8. The third-order valence-corrected chi connectivity index (χ3v) is 5.48. The van der Waals surface area contributed by atoms with E-state index in [1.807, 2.05) is 0 Å². The number of ether oxygens (including phenoxy) is 1. The van der Waals surface area contributed by atoms with Crippen molar-refractivity contribution < 1.29 is 4.74 Å². The Morgan fingerprint density at radius 2 is 2.10 bits per heavy atom. The molecule has 3 nitrogen and oxygen atoms in total. The molecule has 3 heteroatoms. The summed E-state index contributed by atoms with van der Waals surface area (Å²) in [5, 5.41) is 3.54. The normalized spacial score (nSPS) is 27.8. The first kappa shape index (κ1) is 14.9. The topological polar surface area (TPSA) is 24.5 Å². The minimum atomic E-state index is 0.291. The van der Waals surface area contributed by atoms with E-state index in [2.05, 4.69) is 56.1 Å². The molecule has 0 amide bonds. The Hall–Kier alpha value is -1.06. The first-order chi connectivity index (χ1) is 9.98. The molecule has 0 aliphatic carbocycles. The fourth-order valence-electron chi connectivity index (χ4n) is 4.01. The molecule has 0 radical (unpaired) electrons. The summed E-state index contributed by atoms with van der Waals surface area (Å²) >= 11 is 0. The number of hydrogen-bond acceptors (Lipinski definition) is 3. The van der Waals surface area contributed by atoms with Crippen LogP contribution >= 0.6 is 0 Å². The average Bonchev–Trinajstić information content (AvgIpc) is 2.98. The van der Waals surface area contributed by atoms with Crippen LogP contribution in [-0.2, 0) is 0 Å². The van der Waals surface area contributed by atoms with Crippen molar-refractivity contribution in [2.24, 2.45) is 11.8 Å². The van der Waals surface area contributed by atoms with E-state index in [-0.39, 0.29) is 0 Å². The highest BCUT2D eigenvalue weighted by Crippen LogP contribution is 2.40. The predicted molar refractivity (Wildman–Crippen MR) is 86.9 cm³/mol. The fraction of sp³-hybridized carbons (Fsp3) is 0.667. The molecule has 0 aromatic heterocycles. The maximum absolute atomic E-state index is 6.04. The molecule has 2 aliphatic rings. The summed E-state index contributed by atoms with van der Waals surface area (Å²) in [4.78, 5) is 2.62. The van der Waals surface area contributed by atoms with Crippen LogP contribution in [-0.4, -0.2) is 43.2 Å². The van der Waals surface area contributed by atoms with Crippen molar-refractivity contribution in [3.63, 3.8) is 0 Å². The SMILES string of the molecule is Cc1ccc(C)c(OCCN2CC3CNCC3C2(C)C)c1. The third-order valence-electron chi connectivity index (χ3n) is 5.48. The molecule has 0 saturated carbocycles. The highest BCUT2D eigenvalue weighted by Gasteiger charge is 2.49. The van der Waals surface area contributed by atoms with Crippen LogP contribution in [0.3, 0.4) is 0 Å². The van der Waals surface area contributed by atoms with Crippen LogP contribution < -0.4 is 10.1 Å². The quantitative estimate of drug-likeness (QED) is 0.922. The van der Waals surface area contributed by atoms with Gasteiger partial charge in [-0.05, 0) is 63.3 Å². The van der Waals surface area contributed by atoms with E-state index < -0.39 is 0 Å². The molecular formula is C18H28N2O. The highest BCUT2D eigenvalue weighted by atomic mass is 16.5. The number of hydrogen-bond donors (Lipinski definition) is 1. The fourth-order valence-corrected chi connectivity index (χ4v) is 4.01. The van der Waals surface area contributed by atoms with Gasteiger partial charge in [-0.25, -0.2) is 0 Å². The number of aryl methyl sites for hydroxylation is 2. The number of benzene rings is 1. The molecule has 2 atom stereocenters. The second-order valence-corrected chi connectivity index (χ2v) is 7.24. The van der Waals surface area contributed by atoms with E-state index in [1.54, 1.807) is 0 Å². The summed E-state index contributed by atoms with van der Waals surface area (Å²) < 4.78 is 6.04. The maximum Gasteiger partial charge on any atom is 0.122 e. The lowest BCUT2D eigenvalue weighted by Gasteiger charge is -2.35. The molecule has 2 heterocycles. The molecule has 2 saturated heterocycles. The van der Waals surface area contributed by atoms with Gasteiger partial charge >= 0.3 is 0 Å². The maximum atomic E-state index is 6.04. The van der Waals surface area contributed by atoms with Gasteiger partial charge in [-0.2, -0.15) is 0 Å². The Labute approximate surface area is 128 Å². The first-order valence-corrected chi connectivity index (χ1v) is 8.14. The van der Waals surface area contributed by atoms with Crippen LogP contribution in [0.5, 0.6) is 5.75 Å². The standard InChI is InChI=1S/C18H28N2O/c1-13-5-6-14(2)17(9-13)21-8-7-20-12-15-10-19-11-16(15)18(20,3)4/h5-6,9,15-16,19H,7-8,10-12H2,1-4H3. The minimum absolute atomic E-state index is 0.291. The molecule has 2 aliphatic heterocycles. The molecule has 0 spiro atoms. The number of fused-ring (bicyclic) bond motifs is 1. The minimum Gasteiger partial charge on any atom is -0.492 e. The van der Waals surface area contributed by atoms with Crippen molar-refractivity contribution in [1.82, 2.24) is 10.2 Å². The van der Waals surface area contributed by atoms with E-state index in [0.717, 1.165) is 30.7 Å². The van der Waals surface area contributed by atoms with Crippen molar-refractivity contribution >= 4 is 0 Å². The van der Waals surface area contributed by atoms with Crippen molar-refractivity contribution in [3.05, 3.63) is 29.3 Å². The number of likely N-dealkylation sites (tertiary alicyclic amines) is 1. The van der Waals surface area contributed by atoms with E-state index in [0.29, 0.717) is 5.54 Å². The zero-order valence-electron chi connectivity index (χ0n) is 13.8. The van der Waals surface area contributed by atoms with Gasteiger partial charge in [0.05, 0.1) is 0 Å². The van der Waals surface area contributed by atoms with Gasteiger partial charge in [0.15, 0.2) is 0 Å². The third kappa shape index (κ3) is 2.82. The van der Waals surface area contributed by atoms with Gasteiger partial charge in [0.25, 0.3) is 0 Å². The molecule has 1 N–H and O–H groups in total. The molecule has 2 fully saturated rings. The first-order valence-electron chi connectivity index (χ1n) is 8.14. The highest BCUT2D eigenvalue weighted by molar-refractivity contribution is 5.35. The summed E-state index contributed by atoms with van der Waals surface area (Å²) in [6, 6.07) is 6.42. The van der Waals surface area contributed by atoms with Gasteiger partial charge in [0.1, 0.15) is 12.4 Å². The summed E-state index contributed by atoms with van der Waals surface area (Å²) in [6.45, 7) is 14.4. The molecule has 0 bridgehead atoms. The summed E-state index contributed by atoms with van der Waals surface area (Å²) in [5.74, 6) is 2.65. The predicted octanol–water partition coefficient (Wildman–Crippen LogP) is 2.61. The Kier molecular flexibility index (Phi) is 3.98. The van der Waals surface area contributed by atoms with Gasteiger partial charge in [0, 0.05) is 25.2 Å². The summed E-state index contributed by atoms with van der Waals surface area (Å²) in [7, 11) is 0. The van der Waals surface area contributed by atoms with Gasteiger partial charge in [0.2, 0.25) is 0 Å². The van der Waals surface area contributed by atoms with Crippen LogP contribution in [0.1, 0.15) is 25.0 Å². The molecule has 3 rings (SSSR count). The summed E-state index contributed by atoms with van der Waals surface area (Å²) in [6.07, 6.45) is 0. The Balaban J connectivity index is 1.57. The number of nitrogens with one attached hydrogen (secondary N) is 1. The largest absolute Gasteiger partial charge is 0.492 e. The van der Waals surface area contributed by atoms with Crippen LogP contribution in [0, 0.1) is 25.7 Å². The lowest BCUT2D eigenvalue weighted by molar-refractivity contribution is 0.117. The van der Waals surface area contributed by atoms with Crippen LogP contribution in [0.2, 0.25) is 0 Å². The monoisotopic (exact) mass is 288 g/mol. The second-order valence-electron chi connectivity index (χ2n) is 7.24. The smallest absolute Gasteiger partial charge is 0.122 e. The Bertz CT molecular complexity index is 512. The van der Waals surface area contributed by atoms with Crippen molar-refractivity contribution in [1.29, 1.82) is 0 Å². The molecule has 1 aromatic rings. The zero-order chi connectivity index (χ0) is 15.0. The lowest BCUT2D eigenvalue weighted by atomic mass is 9.85. The molecular weight excluding hydrogens is 260 g/mol. The number of rotatable bonds is 4. The van der Waals surface area contributed by atoms with Crippen molar-refractivity contribution in [3.8, 4) is 5.75 Å². The van der Waals surface area contributed by atoms with Crippen molar-refractivity contribution in [2.45, 2.75) is 33.2 Å². The van der Waals surface area contributed by atoms with Gasteiger partial charge < -0.3 is 10.1 Å². The van der Waals surface area contributed by atoms with Gasteiger partial charge in [-0.15, -0.1) is 0 Å². The molecule has 2 unspecified atom stereocenters. The molecule has 116 valence electrons. The van der Waals surface area contributed by atoms with Crippen molar-refractivity contribution in [2.75, 3.05) is 32.8 Å². The van der Waals surface area contributed by atoms with Crippen LogP contribution in [0.4, 0.5) is 0 Å². The Morgan fingerprint density at radius 1 is 1.29 bits per heavy atom. The van der Waals surface area contributed by atoms with Crippen LogP contribution in [0.25, 0.3) is 0 Å².